The lowest BCUT2D eigenvalue weighted by molar-refractivity contribution is -0.133. The van der Waals surface area contributed by atoms with Gasteiger partial charge in [0.15, 0.2) is 0 Å². The highest BCUT2D eigenvalue weighted by Gasteiger charge is 2.13. The van der Waals surface area contributed by atoms with E-state index in [9.17, 15) is 9.59 Å². The van der Waals surface area contributed by atoms with Crippen LogP contribution in [0.3, 0.4) is 0 Å². The van der Waals surface area contributed by atoms with Crippen LogP contribution in [0.15, 0.2) is 18.2 Å². The molecule has 7 heteroatoms. The van der Waals surface area contributed by atoms with Crippen molar-refractivity contribution in [2.45, 2.75) is 32.1 Å². The molecular formula is C16H23Cl2N3O2. The van der Waals surface area contributed by atoms with Gasteiger partial charge in [-0.15, -0.1) is 0 Å². The van der Waals surface area contributed by atoms with Gasteiger partial charge in [-0.2, -0.15) is 0 Å². The topological polar surface area (TPSA) is 75.4 Å². The molecular weight excluding hydrogens is 337 g/mol. The lowest BCUT2D eigenvalue weighted by Crippen LogP contribution is -2.34. The monoisotopic (exact) mass is 359 g/mol. The minimum absolute atomic E-state index is 0.00186. The van der Waals surface area contributed by atoms with E-state index in [4.69, 9.17) is 28.9 Å². The molecule has 0 fully saturated rings. The summed E-state index contributed by atoms with van der Waals surface area (Å²) in [5, 5.41) is 3.48. The molecule has 0 aliphatic rings. The molecule has 1 aromatic rings. The first-order valence-electron chi connectivity index (χ1n) is 7.63. The summed E-state index contributed by atoms with van der Waals surface area (Å²) in [7, 11) is 1.62. The van der Waals surface area contributed by atoms with E-state index in [0.29, 0.717) is 28.7 Å². The molecule has 5 nitrogen and oxygen atoms in total. The predicted molar refractivity (Wildman–Crippen MR) is 94.9 cm³/mol. The van der Waals surface area contributed by atoms with Crippen molar-refractivity contribution in [1.29, 1.82) is 0 Å². The molecule has 0 bridgehead atoms. The molecule has 0 saturated carbocycles. The van der Waals surface area contributed by atoms with Crippen molar-refractivity contribution in [2.75, 3.05) is 25.5 Å². The number of carbonyl (C=O) groups excluding carboxylic acids is 2. The number of nitrogens with one attached hydrogen (secondary N) is 1. The molecule has 1 aromatic carbocycles. The number of hydrogen-bond acceptors (Lipinski definition) is 3. The normalized spacial score (nSPS) is 10.4. The average Bonchev–Trinajstić information content (AvgIpc) is 2.50. The van der Waals surface area contributed by atoms with Crippen LogP contribution in [-0.2, 0) is 9.59 Å². The highest BCUT2D eigenvalue weighted by atomic mass is 35.5. The molecule has 0 aromatic heterocycles. The van der Waals surface area contributed by atoms with E-state index in [1.165, 1.54) is 4.90 Å². The zero-order valence-electron chi connectivity index (χ0n) is 13.3. The molecule has 0 aliphatic carbocycles. The van der Waals surface area contributed by atoms with Gasteiger partial charge in [0.25, 0.3) is 0 Å². The van der Waals surface area contributed by atoms with Crippen LogP contribution in [0.25, 0.3) is 0 Å². The van der Waals surface area contributed by atoms with Crippen molar-refractivity contribution in [3.63, 3.8) is 0 Å². The maximum atomic E-state index is 11.9. The van der Waals surface area contributed by atoms with E-state index in [1.54, 1.807) is 25.2 Å². The largest absolute Gasteiger partial charge is 0.336 e. The van der Waals surface area contributed by atoms with Gasteiger partial charge in [-0.25, -0.2) is 0 Å². The zero-order valence-corrected chi connectivity index (χ0v) is 14.8. The minimum Gasteiger partial charge on any atom is -0.336 e. The highest BCUT2D eigenvalue weighted by Crippen LogP contribution is 2.24. The van der Waals surface area contributed by atoms with Crippen molar-refractivity contribution in [1.82, 2.24) is 4.90 Å². The lowest BCUT2D eigenvalue weighted by atomic mass is 10.1. The predicted octanol–water partition coefficient (Wildman–Crippen LogP) is 3.30. The number of amides is 2. The van der Waals surface area contributed by atoms with Crippen molar-refractivity contribution < 1.29 is 9.59 Å². The van der Waals surface area contributed by atoms with Crippen LogP contribution >= 0.6 is 23.2 Å². The van der Waals surface area contributed by atoms with Gasteiger partial charge < -0.3 is 16.0 Å². The number of rotatable bonds is 9. The summed E-state index contributed by atoms with van der Waals surface area (Å²) in [6.45, 7) is 0.685. The number of nitrogens with two attached hydrogens (primary N) is 1. The standard InChI is InChI=1S/C16H23Cl2N3O2/c1-21(16(23)6-4-2-3-5-9-19)11-15(22)20-12-7-8-13(17)14(18)10-12/h7-8,10H,2-6,9,11,19H2,1H3,(H,20,22). The molecule has 0 radical (unpaired) electrons. The molecule has 0 unspecified atom stereocenters. The average molecular weight is 360 g/mol. The molecule has 0 aliphatic heterocycles. The Morgan fingerprint density at radius 1 is 1.13 bits per heavy atom. The van der Waals surface area contributed by atoms with Gasteiger partial charge in [-0.1, -0.05) is 36.0 Å². The van der Waals surface area contributed by atoms with E-state index in [2.05, 4.69) is 5.32 Å². The number of anilines is 1. The molecule has 23 heavy (non-hydrogen) atoms. The highest BCUT2D eigenvalue weighted by molar-refractivity contribution is 6.42. The lowest BCUT2D eigenvalue weighted by Gasteiger charge is -2.17. The van der Waals surface area contributed by atoms with Crippen LogP contribution in [0, 0.1) is 0 Å². The third kappa shape index (κ3) is 7.68. The van der Waals surface area contributed by atoms with Gasteiger partial charge in [-0.3, -0.25) is 9.59 Å². The van der Waals surface area contributed by atoms with Gasteiger partial charge in [-0.05, 0) is 37.6 Å². The Kier molecular flexibility index (Phi) is 8.99. The fraction of sp³-hybridized carbons (Fsp3) is 0.500. The van der Waals surface area contributed by atoms with E-state index < -0.39 is 0 Å². The summed E-state index contributed by atoms with van der Waals surface area (Å²) in [5.41, 5.74) is 5.97. The Hall–Kier alpha value is -1.30. The Bertz CT molecular complexity index is 538. The summed E-state index contributed by atoms with van der Waals surface area (Å²) < 4.78 is 0. The first kappa shape index (κ1) is 19.7. The molecule has 128 valence electrons. The zero-order chi connectivity index (χ0) is 17.2. The number of carbonyl (C=O) groups is 2. The van der Waals surface area contributed by atoms with E-state index in [1.807, 2.05) is 0 Å². The van der Waals surface area contributed by atoms with Crippen LogP contribution < -0.4 is 11.1 Å². The van der Waals surface area contributed by atoms with Crippen LogP contribution in [-0.4, -0.2) is 36.9 Å². The molecule has 0 heterocycles. The number of halogens is 2. The molecule has 0 saturated heterocycles. The van der Waals surface area contributed by atoms with Crippen LogP contribution in [0.1, 0.15) is 32.1 Å². The fourth-order valence-corrected chi connectivity index (χ4v) is 2.34. The van der Waals surface area contributed by atoms with Gasteiger partial charge >= 0.3 is 0 Å². The molecule has 1 rings (SSSR count). The van der Waals surface area contributed by atoms with E-state index in [0.717, 1.165) is 25.7 Å². The first-order chi connectivity index (χ1) is 10.9. The Balaban J connectivity index is 2.34. The van der Waals surface area contributed by atoms with E-state index >= 15 is 0 Å². The van der Waals surface area contributed by atoms with Gasteiger partial charge in [0.1, 0.15) is 0 Å². The second-order valence-corrected chi connectivity index (χ2v) is 6.19. The van der Waals surface area contributed by atoms with Crippen molar-refractivity contribution in [3.05, 3.63) is 28.2 Å². The summed E-state index contributed by atoms with van der Waals surface area (Å²) in [6, 6.07) is 4.84. The van der Waals surface area contributed by atoms with Crippen molar-refractivity contribution in [2.24, 2.45) is 5.73 Å². The Morgan fingerprint density at radius 2 is 1.83 bits per heavy atom. The SMILES string of the molecule is CN(CC(=O)Nc1ccc(Cl)c(Cl)c1)C(=O)CCCCCCN. The molecule has 0 spiro atoms. The second-order valence-electron chi connectivity index (χ2n) is 5.38. The maximum Gasteiger partial charge on any atom is 0.243 e. The van der Waals surface area contributed by atoms with Gasteiger partial charge in [0.2, 0.25) is 11.8 Å². The summed E-state index contributed by atoms with van der Waals surface area (Å²) >= 11 is 11.7. The first-order valence-corrected chi connectivity index (χ1v) is 8.38. The van der Waals surface area contributed by atoms with Crippen LogP contribution in [0.2, 0.25) is 10.0 Å². The number of likely N-dealkylation sites (N-methyl/N-ethyl adjacent to an activating group) is 1. The van der Waals surface area contributed by atoms with Crippen molar-refractivity contribution in [3.8, 4) is 0 Å². The number of benzene rings is 1. The smallest absolute Gasteiger partial charge is 0.243 e. The van der Waals surface area contributed by atoms with Gasteiger partial charge in [0, 0.05) is 19.2 Å². The van der Waals surface area contributed by atoms with Crippen LogP contribution in [0.4, 0.5) is 5.69 Å². The van der Waals surface area contributed by atoms with Crippen molar-refractivity contribution >= 4 is 40.7 Å². The second kappa shape index (κ2) is 10.5. The summed E-state index contributed by atoms with van der Waals surface area (Å²) in [6.07, 6.45) is 4.26. The maximum absolute atomic E-state index is 11.9. The number of nitrogens with zero attached hydrogens (tertiary/aromatic N) is 1. The molecule has 3 N–H and O–H groups in total. The van der Waals surface area contributed by atoms with E-state index in [-0.39, 0.29) is 18.4 Å². The fourth-order valence-electron chi connectivity index (χ4n) is 2.04. The number of hydrogen-bond donors (Lipinski definition) is 2. The molecule has 0 atom stereocenters. The quantitative estimate of drug-likeness (QED) is 0.664. The summed E-state index contributed by atoms with van der Waals surface area (Å²) in [5.74, 6) is -0.315. The third-order valence-electron chi connectivity index (χ3n) is 3.35. The minimum atomic E-state index is -0.276. The summed E-state index contributed by atoms with van der Waals surface area (Å²) in [4.78, 5) is 25.3. The third-order valence-corrected chi connectivity index (χ3v) is 4.09. The number of unbranched alkanes of at least 4 members (excludes halogenated alkanes) is 3. The Labute approximate surface area is 147 Å². The Morgan fingerprint density at radius 3 is 2.48 bits per heavy atom. The molecule has 2 amide bonds. The van der Waals surface area contributed by atoms with Gasteiger partial charge in [0.05, 0.1) is 16.6 Å². The van der Waals surface area contributed by atoms with Crippen LogP contribution in [0.5, 0.6) is 0 Å².